The second-order valence-electron chi connectivity index (χ2n) is 8.21. The maximum Gasteiger partial charge on any atom is 0.230 e. The SMILES string of the molecule is COc1ccc(-c2cc(Nc3ccnc(N4CC5(CCCCC5)C4)n3)on2)c(F)c1. The van der Waals surface area contributed by atoms with Crippen molar-refractivity contribution in [3.63, 3.8) is 0 Å². The number of benzene rings is 1. The Morgan fingerprint density at radius 1 is 1.13 bits per heavy atom. The third-order valence-corrected chi connectivity index (χ3v) is 6.11. The van der Waals surface area contributed by atoms with Gasteiger partial charge in [-0.05, 0) is 31.0 Å². The van der Waals surface area contributed by atoms with E-state index in [1.54, 1.807) is 30.5 Å². The van der Waals surface area contributed by atoms with Crippen LogP contribution in [0.4, 0.5) is 22.0 Å². The summed E-state index contributed by atoms with van der Waals surface area (Å²) in [5.74, 6) is 1.75. The highest BCUT2D eigenvalue weighted by molar-refractivity contribution is 5.65. The van der Waals surface area contributed by atoms with Crippen LogP contribution in [0.1, 0.15) is 32.1 Å². The minimum Gasteiger partial charge on any atom is -0.497 e. The van der Waals surface area contributed by atoms with Crippen molar-refractivity contribution in [2.45, 2.75) is 32.1 Å². The zero-order valence-corrected chi connectivity index (χ0v) is 16.9. The third kappa shape index (κ3) is 3.58. The van der Waals surface area contributed by atoms with Crippen LogP contribution in [0.5, 0.6) is 5.75 Å². The summed E-state index contributed by atoms with van der Waals surface area (Å²) in [6.45, 7) is 2.05. The molecular weight excluding hydrogens is 385 g/mol. The van der Waals surface area contributed by atoms with E-state index in [1.165, 1.54) is 45.3 Å². The molecule has 3 heterocycles. The normalized spacial score (nSPS) is 17.6. The minimum atomic E-state index is -0.423. The first kappa shape index (κ1) is 18.8. The molecule has 2 aromatic heterocycles. The maximum absolute atomic E-state index is 14.3. The molecule has 7 nitrogen and oxygen atoms in total. The van der Waals surface area contributed by atoms with Gasteiger partial charge in [-0.2, -0.15) is 4.98 Å². The number of hydrogen-bond donors (Lipinski definition) is 1. The van der Waals surface area contributed by atoms with Crippen molar-refractivity contribution in [1.82, 2.24) is 15.1 Å². The first-order valence-electron chi connectivity index (χ1n) is 10.3. The van der Waals surface area contributed by atoms with Crippen LogP contribution in [0.15, 0.2) is 41.1 Å². The average Bonchev–Trinajstić information content (AvgIpc) is 3.20. The Morgan fingerprint density at radius 3 is 2.73 bits per heavy atom. The predicted molar refractivity (Wildman–Crippen MR) is 111 cm³/mol. The molecule has 1 aliphatic carbocycles. The Balaban J connectivity index is 1.28. The van der Waals surface area contributed by atoms with Gasteiger partial charge in [-0.25, -0.2) is 9.37 Å². The summed E-state index contributed by atoms with van der Waals surface area (Å²) in [6, 6.07) is 8.04. The molecule has 1 N–H and O–H groups in total. The van der Waals surface area contributed by atoms with Gasteiger partial charge in [0.15, 0.2) is 0 Å². The summed E-state index contributed by atoms with van der Waals surface area (Å²) in [6.07, 6.45) is 8.38. The highest BCUT2D eigenvalue weighted by atomic mass is 19.1. The zero-order valence-electron chi connectivity index (χ0n) is 16.9. The number of rotatable bonds is 5. The van der Waals surface area contributed by atoms with E-state index < -0.39 is 5.82 Å². The molecule has 3 aromatic rings. The molecule has 156 valence electrons. The van der Waals surface area contributed by atoms with Crippen LogP contribution in [-0.4, -0.2) is 35.3 Å². The molecule has 1 saturated heterocycles. The van der Waals surface area contributed by atoms with Crippen molar-refractivity contribution in [3.8, 4) is 17.0 Å². The Bertz CT molecular complexity index is 1040. The molecule has 0 bridgehead atoms. The Kier molecular flexibility index (Phi) is 4.77. The monoisotopic (exact) mass is 409 g/mol. The average molecular weight is 409 g/mol. The topological polar surface area (TPSA) is 76.3 Å². The van der Waals surface area contributed by atoms with Gasteiger partial charge < -0.3 is 19.5 Å². The molecule has 1 saturated carbocycles. The minimum absolute atomic E-state index is 0.342. The molecular formula is C22H24FN5O2. The van der Waals surface area contributed by atoms with Gasteiger partial charge in [-0.1, -0.05) is 24.4 Å². The van der Waals surface area contributed by atoms with Gasteiger partial charge in [0, 0.05) is 42.4 Å². The second-order valence-corrected chi connectivity index (χ2v) is 8.21. The highest BCUT2D eigenvalue weighted by Crippen LogP contribution is 2.44. The molecule has 30 heavy (non-hydrogen) atoms. The molecule has 0 radical (unpaired) electrons. The van der Waals surface area contributed by atoms with Gasteiger partial charge in [0.1, 0.15) is 23.1 Å². The predicted octanol–water partition coefficient (Wildman–Crippen LogP) is 4.79. The molecule has 0 unspecified atom stereocenters. The second kappa shape index (κ2) is 7.59. The van der Waals surface area contributed by atoms with Gasteiger partial charge >= 0.3 is 0 Å². The van der Waals surface area contributed by atoms with Crippen LogP contribution in [0.3, 0.4) is 0 Å². The number of hydrogen-bond acceptors (Lipinski definition) is 7. The lowest BCUT2D eigenvalue weighted by Crippen LogP contribution is -2.57. The van der Waals surface area contributed by atoms with Crippen LogP contribution < -0.4 is 15.0 Å². The number of anilines is 3. The zero-order chi connectivity index (χ0) is 20.6. The fraction of sp³-hybridized carbons (Fsp3) is 0.409. The van der Waals surface area contributed by atoms with Gasteiger partial charge in [-0.3, -0.25) is 0 Å². The number of nitrogens with zero attached hydrogens (tertiary/aromatic N) is 4. The Morgan fingerprint density at radius 2 is 1.97 bits per heavy atom. The summed E-state index contributed by atoms with van der Waals surface area (Å²) in [7, 11) is 1.50. The smallest absolute Gasteiger partial charge is 0.230 e. The summed E-state index contributed by atoms with van der Waals surface area (Å²) in [4.78, 5) is 11.3. The molecule has 1 aromatic carbocycles. The van der Waals surface area contributed by atoms with Gasteiger partial charge in [0.25, 0.3) is 0 Å². The Labute approximate surface area is 174 Å². The van der Waals surface area contributed by atoms with Crippen molar-refractivity contribution in [2.24, 2.45) is 5.41 Å². The van der Waals surface area contributed by atoms with E-state index in [4.69, 9.17) is 9.26 Å². The fourth-order valence-corrected chi connectivity index (χ4v) is 4.51. The van der Waals surface area contributed by atoms with Crippen molar-refractivity contribution in [2.75, 3.05) is 30.4 Å². The number of aromatic nitrogens is 3. The summed E-state index contributed by atoms with van der Waals surface area (Å²) < 4.78 is 24.7. The van der Waals surface area contributed by atoms with Gasteiger partial charge in [-0.15, -0.1) is 0 Å². The van der Waals surface area contributed by atoms with Crippen molar-refractivity contribution >= 4 is 17.7 Å². The van der Waals surface area contributed by atoms with Gasteiger partial charge in [0.2, 0.25) is 11.8 Å². The summed E-state index contributed by atoms with van der Waals surface area (Å²) >= 11 is 0. The first-order chi connectivity index (χ1) is 14.6. The molecule has 1 aliphatic heterocycles. The standard InChI is InChI=1S/C22H24FN5O2/c1-29-15-5-6-16(17(23)11-15)18-12-20(30-27-18)25-19-7-10-24-21(26-19)28-13-22(14-28)8-3-2-4-9-22/h5-7,10-12H,2-4,8-9,13-14H2,1H3,(H,24,25,26). The quantitative estimate of drug-likeness (QED) is 0.649. The van der Waals surface area contributed by atoms with E-state index in [0.717, 1.165) is 19.0 Å². The lowest BCUT2D eigenvalue weighted by atomic mass is 9.69. The van der Waals surface area contributed by atoms with E-state index in [0.29, 0.717) is 34.1 Å². The molecule has 2 aliphatic rings. The van der Waals surface area contributed by atoms with Gasteiger partial charge in [0.05, 0.1) is 7.11 Å². The lowest BCUT2D eigenvalue weighted by molar-refractivity contribution is 0.137. The Hall–Kier alpha value is -3.16. The van der Waals surface area contributed by atoms with Crippen LogP contribution in [-0.2, 0) is 0 Å². The molecule has 0 amide bonds. The van der Waals surface area contributed by atoms with Crippen LogP contribution >= 0.6 is 0 Å². The fourth-order valence-electron chi connectivity index (χ4n) is 4.51. The van der Waals surface area contributed by atoms with E-state index in [1.807, 2.05) is 0 Å². The summed E-state index contributed by atoms with van der Waals surface area (Å²) in [5.41, 5.74) is 1.20. The lowest BCUT2D eigenvalue weighted by Gasteiger charge is -2.52. The van der Waals surface area contributed by atoms with E-state index in [-0.39, 0.29) is 0 Å². The largest absolute Gasteiger partial charge is 0.497 e. The molecule has 2 fully saturated rings. The molecule has 5 rings (SSSR count). The number of halogens is 1. The van der Waals surface area contributed by atoms with Crippen LogP contribution in [0.25, 0.3) is 11.3 Å². The van der Waals surface area contributed by atoms with Crippen LogP contribution in [0.2, 0.25) is 0 Å². The van der Waals surface area contributed by atoms with Crippen molar-refractivity contribution < 1.29 is 13.7 Å². The van der Waals surface area contributed by atoms with E-state index in [9.17, 15) is 4.39 Å². The van der Waals surface area contributed by atoms with Crippen LogP contribution in [0, 0.1) is 11.2 Å². The maximum atomic E-state index is 14.3. The van der Waals surface area contributed by atoms with E-state index >= 15 is 0 Å². The molecule has 0 atom stereocenters. The van der Waals surface area contributed by atoms with Crippen molar-refractivity contribution in [3.05, 3.63) is 42.3 Å². The number of nitrogens with one attached hydrogen (secondary N) is 1. The molecule has 8 heteroatoms. The summed E-state index contributed by atoms with van der Waals surface area (Å²) in [5, 5.41) is 7.07. The van der Waals surface area contributed by atoms with Crippen molar-refractivity contribution in [1.29, 1.82) is 0 Å². The first-order valence-corrected chi connectivity index (χ1v) is 10.3. The number of methoxy groups -OCH3 is 1. The molecule has 1 spiro atoms. The highest BCUT2D eigenvalue weighted by Gasteiger charge is 2.44. The third-order valence-electron chi connectivity index (χ3n) is 6.11. The van der Waals surface area contributed by atoms with E-state index in [2.05, 4.69) is 25.3 Å². The number of ether oxygens (including phenoxy) is 1.